The van der Waals surface area contributed by atoms with E-state index in [2.05, 4.69) is 5.32 Å². The topological polar surface area (TPSA) is 32.3 Å². The third-order valence-corrected chi connectivity index (χ3v) is 3.72. The van der Waals surface area contributed by atoms with Gasteiger partial charge in [0, 0.05) is 12.6 Å². The Morgan fingerprint density at radius 1 is 1.47 bits per heavy atom. The first kappa shape index (κ1) is 12.5. The minimum atomic E-state index is -0.530. The predicted molar refractivity (Wildman–Crippen MR) is 66.4 cm³/mol. The summed E-state index contributed by atoms with van der Waals surface area (Å²) in [6.45, 7) is 4.34. The van der Waals surface area contributed by atoms with E-state index < -0.39 is 5.60 Å². The summed E-state index contributed by atoms with van der Waals surface area (Å²) in [5, 5.41) is 13.2. The van der Waals surface area contributed by atoms with Crippen molar-refractivity contribution in [2.24, 2.45) is 0 Å². The summed E-state index contributed by atoms with van der Waals surface area (Å²) in [5.74, 6) is -0.168. The van der Waals surface area contributed by atoms with Crippen LogP contribution in [0.2, 0.25) is 0 Å². The molecule has 0 heterocycles. The number of nitrogens with one attached hydrogen (secondary N) is 1. The van der Waals surface area contributed by atoms with E-state index in [1.807, 2.05) is 13.0 Å². The smallest absolute Gasteiger partial charge is 0.126 e. The second-order valence-corrected chi connectivity index (χ2v) is 5.19. The van der Waals surface area contributed by atoms with E-state index in [-0.39, 0.29) is 11.9 Å². The van der Waals surface area contributed by atoms with Gasteiger partial charge in [-0.15, -0.1) is 0 Å². The van der Waals surface area contributed by atoms with Crippen LogP contribution in [0, 0.1) is 12.7 Å². The number of rotatable bonds is 4. The summed E-state index contributed by atoms with van der Waals surface area (Å²) in [6.07, 6.45) is 2.84. The zero-order valence-electron chi connectivity index (χ0n) is 10.5. The molecule has 0 aliphatic heterocycles. The van der Waals surface area contributed by atoms with Crippen LogP contribution in [-0.4, -0.2) is 17.3 Å². The summed E-state index contributed by atoms with van der Waals surface area (Å²) in [4.78, 5) is 0. The molecule has 1 aliphatic rings. The van der Waals surface area contributed by atoms with Gasteiger partial charge in [0.2, 0.25) is 0 Å². The molecular weight excluding hydrogens is 217 g/mol. The van der Waals surface area contributed by atoms with E-state index >= 15 is 0 Å². The highest BCUT2D eigenvalue weighted by Gasteiger charge is 2.34. The minimum Gasteiger partial charge on any atom is -0.389 e. The molecule has 1 atom stereocenters. The van der Waals surface area contributed by atoms with Crippen LogP contribution in [0.5, 0.6) is 0 Å². The summed E-state index contributed by atoms with van der Waals surface area (Å²) in [5.41, 5.74) is 1.06. The summed E-state index contributed by atoms with van der Waals surface area (Å²) >= 11 is 0. The van der Waals surface area contributed by atoms with Crippen molar-refractivity contribution >= 4 is 0 Å². The van der Waals surface area contributed by atoms with Crippen LogP contribution in [0.1, 0.15) is 43.4 Å². The average molecular weight is 237 g/mol. The quantitative estimate of drug-likeness (QED) is 0.844. The van der Waals surface area contributed by atoms with Crippen LogP contribution in [0.25, 0.3) is 0 Å². The molecule has 3 heteroatoms. The van der Waals surface area contributed by atoms with Crippen LogP contribution < -0.4 is 5.32 Å². The largest absolute Gasteiger partial charge is 0.389 e. The summed E-state index contributed by atoms with van der Waals surface area (Å²) < 4.78 is 13.4. The van der Waals surface area contributed by atoms with Crippen LogP contribution in [0.15, 0.2) is 18.2 Å². The lowest BCUT2D eigenvalue weighted by molar-refractivity contribution is -0.0329. The molecule has 94 valence electrons. The lowest BCUT2D eigenvalue weighted by atomic mass is 9.80. The minimum absolute atomic E-state index is 0.0646. The fourth-order valence-corrected chi connectivity index (χ4v) is 2.10. The lowest BCUT2D eigenvalue weighted by Gasteiger charge is -2.37. The maximum absolute atomic E-state index is 13.4. The predicted octanol–water partition coefficient (Wildman–Crippen LogP) is 2.70. The molecule has 2 nitrogen and oxygen atoms in total. The van der Waals surface area contributed by atoms with Crippen molar-refractivity contribution in [1.82, 2.24) is 5.32 Å². The van der Waals surface area contributed by atoms with Gasteiger partial charge in [-0.1, -0.05) is 12.1 Å². The fraction of sp³-hybridized carbons (Fsp3) is 0.571. The monoisotopic (exact) mass is 237 g/mol. The Morgan fingerprint density at radius 3 is 2.71 bits per heavy atom. The number of halogens is 1. The highest BCUT2D eigenvalue weighted by Crippen LogP contribution is 2.31. The van der Waals surface area contributed by atoms with E-state index in [1.54, 1.807) is 19.1 Å². The summed E-state index contributed by atoms with van der Waals surface area (Å²) in [7, 11) is 0. The lowest BCUT2D eigenvalue weighted by Crippen LogP contribution is -2.46. The number of aryl methyl sites for hydroxylation is 1. The van der Waals surface area contributed by atoms with E-state index in [9.17, 15) is 9.50 Å². The van der Waals surface area contributed by atoms with Crippen molar-refractivity contribution in [3.63, 3.8) is 0 Å². The third-order valence-electron chi connectivity index (χ3n) is 3.72. The van der Waals surface area contributed by atoms with Crippen LogP contribution >= 0.6 is 0 Å². The maximum Gasteiger partial charge on any atom is 0.126 e. The van der Waals surface area contributed by atoms with Gasteiger partial charge in [0.05, 0.1) is 5.60 Å². The van der Waals surface area contributed by atoms with E-state index in [1.165, 1.54) is 0 Å². The number of hydrogen-bond acceptors (Lipinski definition) is 2. The first-order valence-electron chi connectivity index (χ1n) is 6.22. The molecule has 1 aromatic rings. The molecule has 1 unspecified atom stereocenters. The third kappa shape index (κ3) is 2.85. The second kappa shape index (κ2) is 4.75. The molecule has 0 spiro atoms. The van der Waals surface area contributed by atoms with Gasteiger partial charge in [0.15, 0.2) is 0 Å². The molecule has 0 bridgehead atoms. The molecule has 2 N–H and O–H groups in total. The molecule has 1 fully saturated rings. The van der Waals surface area contributed by atoms with Crippen molar-refractivity contribution in [2.75, 3.05) is 6.54 Å². The molecule has 0 aromatic heterocycles. The normalized spacial score (nSPS) is 19.8. The maximum atomic E-state index is 13.4. The molecule has 1 saturated carbocycles. The Bertz CT molecular complexity index is 401. The van der Waals surface area contributed by atoms with Crippen LogP contribution in [0.3, 0.4) is 0 Å². The van der Waals surface area contributed by atoms with Gasteiger partial charge in [0.25, 0.3) is 0 Å². The molecule has 2 rings (SSSR count). The Balaban J connectivity index is 1.94. The molecule has 17 heavy (non-hydrogen) atoms. The van der Waals surface area contributed by atoms with Crippen LogP contribution in [-0.2, 0) is 0 Å². The Hall–Kier alpha value is -0.930. The van der Waals surface area contributed by atoms with Crippen molar-refractivity contribution in [3.05, 3.63) is 35.1 Å². The zero-order valence-corrected chi connectivity index (χ0v) is 10.5. The van der Waals surface area contributed by atoms with Crippen molar-refractivity contribution < 1.29 is 9.50 Å². The molecule has 1 aromatic carbocycles. The first-order chi connectivity index (χ1) is 8.00. The number of benzene rings is 1. The van der Waals surface area contributed by atoms with Crippen molar-refractivity contribution in [2.45, 2.75) is 44.8 Å². The second-order valence-electron chi connectivity index (χ2n) is 5.19. The van der Waals surface area contributed by atoms with Gasteiger partial charge in [0.1, 0.15) is 5.82 Å². The van der Waals surface area contributed by atoms with Gasteiger partial charge in [-0.05, 0) is 50.3 Å². The van der Waals surface area contributed by atoms with Gasteiger partial charge in [-0.25, -0.2) is 4.39 Å². The Labute approximate surface area is 102 Å². The number of aliphatic hydroxyl groups is 1. The van der Waals surface area contributed by atoms with E-state index in [0.29, 0.717) is 12.1 Å². The van der Waals surface area contributed by atoms with E-state index in [4.69, 9.17) is 0 Å². The van der Waals surface area contributed by atoms with Crippen molar-refractivity contribution in [1.29, 1.82) is 0 Å². The summed E-state index contributed by atoms with van der Waals surface area (Å²) in [6, 6.07) is 5.36. The van der Waals surface area contributed by atoms with Gasteiger partial charge in [-0.3, -0.25) is 0 Å². The Kier molecular flexibility index (Phi) is 3.50. The molecule has 0 amide bonds. The van der Waals surface area contributed by atoms with Crippen molar-refractivity contribution in [3.8, 4) is 0 Å². The van der Waals surface area contributed by atoms with Gasteiger partial charge in [-0.2, -0.15) is 0 Å². The highest BCUT2D eigenvalue weighted by atomic mass is 19.1. The zero-order chi connectivity index (χ0) is 12.5. The fourth-order valence-electron chi connectivity index (χ4n) is 2.10. The van der Waals surface area contributed by atoms with Gasteiger partial charge < -0.3 is 10.4 Å². The average Bonchev–Trinajstić information content (AvgIpc) is 2.27. The Morgan fingerprint density at radius 2 is 2.18 bits per heavy atom. The van der Waals surface area contributed by atoms with Crippen LogP contribution in [0.4, 0.5) is 4.39 Å². The van der Waals surface area contributed by atoms with Gasteiger partial charge >= 0.3 is 0 Å². The molecule has 0 radical (unpaired) electrons. The number of hydrogen-bond donors (Lipinski definition) is 2. The molecular formula is C14H20FNO. The molecule has 0 saturated heterocycles. The first-order valence-corrected chi connectivity index (χ1v) is 6.22. The van der Waals surface area contributed by atoms with E-state index in [0.717, 1.165) is 24.8 Å². The SMILES string of the molecule is Cc1ccc(C(C)NCC2(O)CCC2)cc1F. The standard InChI is InChI=1S/C14H20FNO/c1-10-4-5-12(8-13(10)15)11(2)16-9-14(17)6-3-7-14/h4-5,8,11,16-17H,3,6-7,9H2,1-2H3. The molecule has 1 aliphatic carbocycles. The highest BCUT2D eigenvalue weighted by molar-refractivity contribution is 5.25.